The lowest BCUT2D eigenvalue weighted by Gasteiger charge is -2.27. The minimum absolute atomic E-state index is 0.0856. The summed E-state index contributed by atoms with van der Waals surface area (Å²) in [7, 11) is 0. The van der Waals surface area contributed by atoms with Crippen LogP contribution in [0, 0.1) is 0 Å². The summed E-state index contributed by atoms with van der Waals surface area (Å²) in [6.45, 7) is 7.26. The molecule has 1 aromatic heterocycles. The molecule has 0 radical (unpaired) electrons. The first-order chi connectivity index (χ1) is 10.0. The van der Waals surface area contributed by atoms with Gasteiger partial charge in [-0.3, -0.25) is 4.98 Å². The quantitative estimate of drug-likeness (QED) is 0.919. The summed E-state index contributed by atoms with van der Waals surface area (Å²) in [5, 5.41) is 4.61. The van der Waals surface area contributed by atoms with Gasteiger partial charge >= 0.3 is 0 Å². The highest BCUT2D eigenvalue weighted by atomic mass is 16.5. The molecule has 0 saturated heterocycles. The highest BCUT2D eigenvalue weighted by Crippen LogP contribution is 2.31. The molecule has 0 aliphatic heterocycles. The number of hydrogen-bond acceptors (Lipinski definition) is 3. The van der Waals surface area contributed by atoms with Gasteiger partial charge in [-0.15, -0.1) is 0 Å². The Labute approximate surface area is 126 Å². The average Bonchev–Trinajstić information content (AvgIpc) is 2.39. The number of ether oxygens (including phenoxy) is 1. The molecule has 1 N–H and O–H groups in total. The zero-order valence-electron chi connectivity index (χ0n) is 13.1. The normalized spacial score (nSPS) is 16.0. The number of benzene rings is 1. The summed E-state index contributed by atoms with van der Waals surface area (Å²) >= 11 is 0. The lowest BCUT2D eigenvalue weighted by Crippen LogP contribution is -2.35. The Morgan fingerprint density at radius 3 is 2.67 bits per heavy atom. The zero-order chi connectivity index (χ0) is 14.9. The van der Waals surface area contributed by atoms with Gasteiger partial charge in [-0.1, -0.05) is 12.1 Å². The van der Waals surface area contributed by atoms with Crippen molar-refractivity contribution in [3.8, 4) is 5.75 Å². The fraction of sp³-hybridized carbons (Fsp3) is 0.500. The average molecular weight is 284 g/mol. The molecule has 1 aliphatic rings. The van der Waals surface area contributed by atoms with E-state index in [2.05, 4.69) is 44.3 Å². The maximum Gasteiger partial charge on any atom is 0.130 e. The van der Waals surface area contributed by atoms with E-state index in [0.717, 1.165) is 28.9 Å². The lowest BCUT2D eigenvalue weighted by molar-refractivity contribution is 0.122. The molecule has 3 rings (SSSR count). The van der Waals surface area contributed by atoms with Gasteiger partial charge in [0, 0.05) is 23.5 Å². The third kappa shape index (κ3) is 3.53. The first-order valence-electron chi connectivity index (χ1n) is 7.82. The number of nitrogens with one attached hydrogen (secondary N) is 1. The number of aromatic nitrogens is 1. The highest BCUT2D eigenvalue weighted by molar-refractivity contribution is 5.85. The van der Waals surface area contributed by atoms with E-state index in [9.17, 15) is 0 Å². The lowest BCUT2D eigenvalue weighted by atomic mass is 9.96. The Balaban J connectivity index is 1.90. The van der Waals surface area contributed by atoms with Crippen molar-refractivity contribution in [2.75, 3.05) is 0 Å². The third-order valence-electron chi connectivity index (χ3n) is 3.88. The number of fused-ring (bicyclic) bond motifs is 1. The molecule has 1 aromatic carbocycles. The highest BCUT2D eigenvalue weighted by Gasteiger charge is 2.20. The molecule has 0 unspecified atom stereocenters. The molecule has 1 heterocycles. The van der Waals surface area contributed by atoms with E-state index in [1.807, 2.05) is 12.1 Å². The molecule has 0 atom stereocenters. The predicted octanol–water partition coefficient (Wildman–Crippen LogP) is 4.05. The number of pyridine rings is 1. The Hall–Kier alpha value is -1.61. The Bertz CT molecular complexity index is 627. The van der Waals surface area contributed by atoms with Gasteiger partial charge in [-0.2, -0.15) is 0 Å². The summed E-state index contributed by atoms with van der Waals surface area (Å²) in [5.41, 5.74) is 2.14. The van der Waals surface area contributed by atoms with Crippen LogP contribution in [0.3, 0.4) is 0 Å². The van der Waals surface area contributed by atoms with E-state index in [1.165, 1.54) is 19.3 Å². The van der Waals surface area contributed by atoms with Gasteiger partial charge in [0.1, 0.15) is 5.75 Å². The van der Waals surface area contributed by atoms with E-state index in [-0.39, 0.29) is 5.54 Å². The maximum absolute atomic E-state index is 6.17. The Morgan fingerprint density at radius 1 is 1.24 bits per heavy atom. The van der Waals surface area contributed by atoms with E-state index >= 15 is 0 Å². The standard InChI is InChI=1S/C18H24N2O/c1-18(2,3)19-12-13-11-17(21-14-7-6-8-14)15-9-4-5-10-16(15)20-13/h4-5,9-11,14,19H,6-8,12H2,1-3H3. The first-order valence-corrected chi connectivity index (χ1v) is 7.82. The third-order valence-corrected chi connectivity index (χ3v) is 3.88. The Kier molecular flexibility index (Phi) is 3.85. The molecule has 0 spiro atoms. The van der Waals surface area contributed by atoms with Gasteiger partial charge < -0.3 is 10.1 Å². The van der Waals surface area contributed by atoms with Crippen molar-refractivity contribution in [1.29, 1.82) is 0 Å². The van der Waals surface area contributed by atoms with Gasteiger partial charge in [-0.05, 0) is 52.2 Å². The number of hydrogen-bond donors (Lipinski definition) is 1. The van der Waals surface area contributed by atoms with Crippen LogP contribution in [0.4, 0.5) is 0 Å². The molecule has 3 heteroatoms. The van der Waals surface area contributed by atoms with Crippen molar-refractivity contribution in [3.63, 3.8) is 0 Å². The van der Waals surface area contributed by atoms with Crippen LogP contribution >= 0.6 is 0 Å². The molecular weight excluding hydrogens is 260 g/mol. The second-order valence-corrected chi connectivity index (χ2v) is 6.90. The van der Waals surface area contributed by atoms with Crippen LogP contribution in [0.25, 0.3) is 10.9 Å². The van der Waals surface area contributed by atoms with Gasteiger partial charge in [0.2, 0.25) is 0 Å². The SMILES string of the molecule is CC(C)(C)NCc1cc(OC2CCC2)c2ccccc2n1. The van der Waals surface area contributed by atoms with Crippen LogP contribution < -0.4 is 10.1 Å². The van der Waals surface area contributed by atoms with Crippen LogP contribution in [0.2, 0.25) is 0 Å². The van der Waals surface area contributed by atoms with E-state index in [0.29, 0.717) is 6.10 Å². The smallest absolute Gasteiger partial charge is 0.130 e. The van der Waals surface area contributed by atoms with E-state index < -0.39 is 0 Å². The molecule has 3 nitrogen and oxygen atoms in total. The second-order valence-electron chi connectivity index (χ2n) is 6.90. The molecular formula is C18H24N2O. The number of nitrogens with zero attached hydrogens (tertiary/aromatic N) is 1. The largest absolute Gasteiger partial charge is 0.490 e. The van der Waals surface area contributed by atoms with Gasteiger partial charge in [-0.25, -0.2) is 0 Å². The summed E-state index contributed by atoms with van der Waals surface area (Å²) in [5.74, 6) is 0.982. The molecule has 112 valence electrons. The van der Waals surface area contributed by atoms with Crippen molar-refractivity contribution < 1.29 is 4.74 Å². The summed E-state index contributed by atoms with van der Waals surface area (Å²) < 4.78 is 6.17. The molecule has 2 aromatic rings. The van der Waals surface area contributed by atoms with Crippen LogP contribution in [0.5, 0.6) is 5.75 Å². The van der Waals surface area contributed by atoms with Crippen molar-refractivity contribution in [2.45, 2.75) is 58.2 Å². The molecule has 0 bridgehead atoms. The van der Waals surface area contributed by atoms with E-state index in [4.69, 9.17) is 9.72 Å². The van der Waals surface area contributed by atoms with Crippen LogP contribution in [0.1, 0.15) is 45.7 Å². The van der Waals surface area contributed by atoms with Crippen LogP contribution in [-0.2, 0) is 6.54 Å². The van der Waals surface area contributed by atoms with Crippen molar-refractivity contribution in [1.82, 2.24) is 10.3 Å². The van der Waals surface area contributed by atoms with Gasteiger partial charge in [0.25, 0.3) is 0 Å². The fourth-order valence-electron chi connectivity index (χ4n) is 2.41. The topological polar surface area (TPSA) is 34.1 Å². The predicted molar refractivity (Wildman–Crippen MR) is 86.6 cm³/mol. The molecule has 1 fully saturated rings. The van der Waals surface area contributed by atoms with Crippen LogP contribution in [-0.4, -0.2) is 16.6 Å². The van der Waals surface area contributed by atoms with Gasteiger partial charge in [0.05, 0.1) is 17.3 Å². The zero-order valence-corrected chi connectivity index (χ0v) is 13.1. The van der Waals surface area contributed by atoms with Crippen molar-refractivity contribution in [3.05, 3.63) is 36.0 Å². The Morgan fingerprint density at radius 2 is 2.00 bits per heavy atom. The summed E-state index contributed by atoms with van der Waals surface area (Å²) in [6.07, 6.45) is 4.02. The fourth-order valence-corrected chi connectivity index (χ4v) is 2.41. The monoisotopic (exact) mass is 284 g/mol. The number of para-hydroxylation sites is 1. The minimum Gasteiger partial charge on any atom is -0.490 e. The summed E-state index contributed by atoms with van der Waals surface area (Å²) in [4.78, 5) is 4.75. The van der Waals surface area contributed by atoms with Crippen LogP contribution in [0.15, 0.2) is 30.3 Å². The first kappa shape index (κ1) is 14.3. The van der Waals surface area contributed by atoms with Crippen molar-refractivity contribution in [2.24, 2.45) is 0 Å². The summed E-state index contributed by atoms with van der Waals surface area (Å²) in [6, 6.07) is 10.3. The second kappa shape index (κ2) is 5.64. The maximum atomic E-state index is 6.17. The minimum atomic E-state index is 0.0856. The molecule has 0 amide bonds. The van der Waals surface area contributed by atoms with E-state index in [1.54, 1.807) is 0 Å². The number of rotatable bonds is 4. The van der Waals surface area contributed by atoms with Crippen molar-refractivity contribution >= 4 is 10.9 Å². The molecule has 1 saturated carbocycles. The molecule has 1 aliphatic carbocycles. The van der Waals surface area contributed by atoms with Gasteiger partial charge in [0.15, 0.2) is 0 Å². The molecule has 21 heavy (non-hydrogen) atoms.